The molecule has 1 heterocycles. The summed E-state index contributed by atoms with van der Waals surface area (Å²) in [6, 6.07) is 8.06. The fourth-order valence-corrected chi connectivity index (χ4v) is 2.13. The Bertz CT molecular complexity index is 384. The van der Waals surface area contributed by atoms with Gasteiger partial charge in [-0.1, -0.05) is 29.8 Å². The molecule has 1 aromatic rings. The number of esters is 1. The van der Waals surface area contributed by atoms with Gasteiger partial charge in [0.15, 0.2) is 0 Å². The molecule has 0 radical (unpaired) electrons. The van der Waals surface area contributed by atoms with Crippen LogP contribution in [0.25, 0.3) is 0 Å². The molecule has 2 rings (SSSR count). The Labute approximate surface area is 102 Å². The minimum Gasteiger partial charge on any atom is -0.461 e. The maximum atomic E-state index is 11.8. The van der Waals surface area contributed by atoms with Crippen LogP contribution in [0, 0.1) is 12.8 Å². The quantitative estimate of drug-likeness (QED) is 0.812. The number of piperidine rings is 1. The number of nitrogens with one attached hydrogen (secondary N) is 1. The molecule has 1 aliphatic rings. The minimum atomic E-state index is -0.0706. The van der Waals surface area contributed by atoms with E-state index in [9.17, 15) is 4.79 Å². The van der Waals surface area contributed by atoms with Crippen molar-refractivity contribution in [1.29, 1.82) is 0 Å². The lowest BCUT2D eigenvalue weighted by Crippen LogP contribution is -2.35. The van der Waals surface area contributed by atoms with Gasteiger partial charge in [0.2, 0.25) is 0 Å². The molecule has 1 saturated heterocycles. The molecular formula is C14H19NO2. The van der Waals surface area contributed by atoms with Crippen molar-refractivity contribution < 1.29 is 9.53 Å². The van der Waals surface area contributed by atoms with E-state index in [2.05, 4.69) is 5.32 Å². The van der Waals surface area contributed by atoms with Crippen molar-refractivity contribution >= 4 is 5.97 Å². The molecule has 0 aliphatic carbocycles. The molecule has 3 nitrogen and oxygen atoms in total. The second-order valence-corrected chi connectivity index (χ2v) is 4.64. The maximum Gasteiger partial charge on any atom is 0.310 e. The summed E-state index contributed by atoms with van der Waals surface area (Å²) in [5.74, 6) is -0.0349. The molecule has 0 spiro atoms. The fourth-order valence-electron chi connectivity index (χ4n) is 2.13. The number of ether oxygens (including phenoxy) is 1. The van der Waals surface area contributed by atoms with Crippen molar-refractivity contribution in [2.75, 3.05) is 13.1 Å². The van der Waals surface area contributed by atoms with Gasteiger partial charge in [-0.2, -0.15) is 0 Å². The number of rotatable bonds is 3. The van der Waals surface area contributed by atoms with Gasteiger partial charge in [-0.15, -0.1) is 0 Å². The van der Waals surface area contributed by atoms with Crippen LogP contribution in [0.3, 0.4) is 0 Å². The summed E-state index contributed by atoms with van der Waals surface area (Å²) in [7, 11) is 0. The van der Waals surface area contributed by atoms with Gasteiger partial charge in [-0.25, -0.2) is 0 Å². The number of carbonyl (C=O) groups is 1. The zero-order chi connectivity index (χ0) is 12.1. The van der Waals surface area contributed by atoms with Crippen LogP contribution in [-0.4, -0.2) is 19.1 Å². The normalized spacial score (nSPS) is 19.9. The summed E-state index contributed by atoms with van der Waals surface area (Å²) >= 11 is 0. The molecular weight excluding hydrogens is 214 g/mol. The van der Waals surface area contributed by atoms with Crippen LogP contribution in [0.1, 0.15) is 24.0 Å². The Balaban J connectivity index is 1.83. The van der Waals surface area contributed by atoms with Crippen LogP contribution < -0.4 is 5.32 Å². The lowest BCUT2D eigenvalue weighted by molar-refractivity contribution is -0.150. The Kier molecular flexibility index (Phi) is 4.15. The Hall–Kier alpha value is -1.35. The minimum absolute atomic E-state index is 0.0357. The highest BCUT2D eigenvalue weighted by Gasteiger charge is 2.22. The average molecular weight is 233 g/mol. The highest BCUT2D eigenvalue weighted by molar-refractivity contribution is 5.72. The summed E-state index contributed by atoms with van der Waals surface area (Å²) < 4.78 is 5.34. The first-order valence-corrected chi connectivity index (χ1v) is 6.18. The third kappa shape index (κ3) is 3.56. The van der Waals surface area contributed by atoms with Gasteiger partial charge in [0, 0.05) is 6.54 Å². The summed E-state index contributed by atoms with van der Waals surface area (Å²) in [5, 5.41) is 3.22. The van der Waals surface area contributed by atoms with Crippen molar-refractivity contribution in [2.24, 2.45) is 5.92 Å². The van der Waals surface area contributed by atoms with E-state index in [1.54, 1.807) is 0 Å². The molecule has 1 atom stereocenters. The highest BCUT2D eigenvalue weighted by Crippen LogP contribution is 2.13. The van der Waals surface area contributed by atoms with Crippen LogP contribution in [0.5, 0.6) is 0 Å². The van der Waals surface area contributed by atoms with Gasteiger partial charge >= 0.3 is 5.97 Å². The van der Waals surface area contributed by atoms with Crippen LogP contribution in [0.2, 0.25) is 0 Å². The lowest BCUT2D eigenvalue weighted by atomic mass is 10.0. The molecule has 0 aromatic heterocycles. The molecule has 1 aromatic carbocycles. The average Bonchev–Trinajstić information content (AvgIpc) is 2.37. The van der Waals surface area contributed by atoms with E-state index in [4.69, 9.17) is 4.74 Å². The molecule has 92 valence electrons. The lowest BCUT2D eigenvalue weighted by Gasteiger charge is -2.21. The van der Waals surface area contributed by atoms with Crippen molar-refractivity contribution in [3.63, 3.8) is 0 Å². The number of carbonyl (C=O) groups excluding carboxylic acids is 1. The third-order valence-corrected chi connectivity index (χ3v) is 3.09. The summed E-state index contributed by atoms with van der Waals surface area (Å²) in [6.07, 6.45) is 2.00. The van der Waals surface area contributed by atoms with Gasteiger partial charge in [0.25, 0.3) is 0 Å². The first-order chi connectivity index (χ1) is 8.25. The van der Waals surface area contributed by atoms with E-state index in [0.717, 1.165) is 31.5 Å². The predicted octanol–water partition coefficient (Wildman–Crippen LogP) is 2.04. The van der Waals surface area contributed by atoms with E-state index < -0.39 is 0 Å². The zero-order valence-electron chi connectivity index (χ0n) is 10.2. The SMILES string of the molecule is Cc1cccc(COC(=O)C2CCCNC2)c1. The van der Waals surface area contributed by atoms with Gasteiger partial charge in [-0.3, -0.25) is 4.79 Å². The second-order valence-electron chi connectivity index (χ2n) is 4.64. The number of hydrogen-bond donors (Lipinski definition) is 1. The molecule has 1 fully saturated rings. The van der Waals surface area contributed by atoms with Crippen molar-refractivity contribution in [3.05, 3.63) is 35.4 Å². The van der Waals surface area contributed by atoms with E-state index in [1.807, 2.05) is 31.2 Å². The Morgan fingerprint density at radius 2 is 2.41 bits per heavy atom. The molecule has 3 heteroatoms. The predicted molar refractivity (Wildman–Crippen MR) is 66.6 cm³/mol. The molecule has 1 N–H and O–H groups in total. The Morgan fingerprint density at radius 3 is 3.12 bits per heavy atom. The molecule has 17 heavy (non-hydrogen) atoms. The summed E-state index contributed by atoms with van der Waals surface area (Å²) in [5.41, 5.74) is 2.25. The van der Waals surface area contributed by atoms with E-state index in [1.165, 1.54) is 5.56 Å². The third-order valence-electron chi connectivity index (χ3n) is 3.09. The van der Waals surface area contributed by atoms with Crippen LogP contribution >= 0.6 is 0 Å². The maximum absolute atomic E-state index is 11.8. The highest BCUT2D eigenvalue weighted by atomic mass is 16.5. The standard InChI is InChI=1S/C14H19NO2/c1-11-4-2-5-12(8-11)10-17-14(16)13-6-3-7-15-9-13/h2,4-5,8,13,15H,3,6-7,9-10H2,1H3. The Morgan fingerprint density at radius 1 is 1.53 bits per heavy atom. The molecule has 0 bridgehead atoms. The van der Waals surface area contributed by atoms with E-state index >= 15 is 0 Å². The van der Waals surface area contributed by atoms with E-state index in [0.29, 0.717) is 6.61 Å². The molecule has 1 aliphatic heterocycles. The van der Waals surface area contributed by atoms with Gasteiger partial charge in [0.05, 0.1) is 5.92 Å². The molecule has 0 amide bonds. The van der Waals surface area contributed by atoms with Crippen LogP contribution in [0.4, 0.5) is 0 Å². The number of hydrogen-bond acceptors (Lipinski definition) is 3. The van der Waals surface area contributed by atoms with Crippen molar-refractivity contribution in [2.45, 2.75) is 26.4 Å². The van der Waals surface area contributed by atoms with Crippen LogP contribution in [0.15, 0.2) is 24.3 Å². The number of benzene rings is 1. The second kappa shape index (κ2) is 5.82. The monoisotopic (exact) mass is 233 g/mol. The first-order valence-electron chi connectivity index (χ1n) is 6.18. The zero-order valence-corrected chi connectivity index (χ0v) is 10.2. The van der Waals surface area contributed by atoms with Gasteiger partial charge in [-0.05, 0) is 31.9 Å². The van der Waals surface area contributed by atoms with Gasteiger partial charge < -0.3 is 10.1 Å². The van der Waals surface area contributed by atoms with Crippen LogP contribution in [-0.2, 0) is 16.1 Å². The molecule has 1 unspecified atom stereocenters. The van der Waals surface area contributed by atoms with Crippen molar-refractivity contribution in [3.8, 4) is 0 Å². The van der Waals surface area contributed by atoms with E-state index in [-0.39, 0.29) is 11.9 Å². The topological polar surface area (TPSA) is 38.3 Å². The van der Waals surface area contributed by atoms with Crippen molar-refractivity contribution in [1.82, 2.24) is 5.32 Å². The fraction of sp³-hybridized carbons (Fsp3) is 0.500. The number of aryl methyl sites for hydroxylation is 1. The summed E-state index contributed by atoms with van der Waals surface area (Å²) in [6.45, 7) is 4.20. The first kappa shape index (κ1) is 12.1. The summed E-state index contributed by atoms with van der Waals surface area (Å²) in [4.78, 5) is 11.8. The largest absolute Gasteiger partial charge is 0.461 e. The smallest absolute Gasteiger partial charge is 0.310 e. The molecule has 0 saturated carbocycles. The van der Waals surface area contributed by atoms with Gasteiger partial charge in [0.1, 0.15) is 6.61 Å².